The van der Waals surface area contributed by atoms with E-state index >= 15 is 0 Å². The van der Waals surface area contributed by atoms with Crippen molar-refractivity contribution in [2.75, 3.05) is 19.0 Å². The number of benzene rings is 2. The summed E-state index contributed by atoms with van der Waals surface area (Å²) in [7, 11) is 1.22. The van der Waals surface area contributed by atoms with Crippen molar-refractivity contribution >= 4 is 23.3 Å². The SMILES string of the molecule is COc1cccc(C(=O)OCC(=O)Nc2ccccc2C(C)=O)c1OC(F)F. The van der Waals surface area contributed by atoms with Gasteiger partial charge >= 0.3 is 12.6 Å². The van der Waals surface area contributed by atoms with E-state index in [4.69, 9.17) is 9.47 Å². The average molecular weight is 393 g/mol. The van der Waals surface area contributed by atoms with Gasteiger partial charge in [0.05, 0.1) is 12.8 Å². The maximum Gasteiger partial charge on any atom is 0.387 e. The van der Waals surface area contributed by atoms with Gasteiger partial charge in [-0.05, 0) is 31.2 Å². The molecule has 0 aliphatic rings. The minimum Gasteiger partial charge on any atom is -0.493 e. The van der Waals surface area contributed by atoms with E-state index < -0.39 is 30.8 Å². The van der Waals surface area contributed by atoms with Gasteiger partial charge in [0, 0.05) is 5.56 Å². The molecule has 9 heteroatoms. The van der Waals surface area contributed by atoms with Gasteiger partial charge in [-0.1, -0.05) is 18.2 Å². The maximum atomic E-state index is 12.6. The zero-order valence-corrected chi connectivity index (χ0v) is 15.0. The number of anilines is 1. The van der Waals surface area contributed by atoms with E-state index in [1.165, 1.54) is 44.4 Å². The number of hydrogen-bond acceptors (Lipinski definition) is 6. The lowest BCUT2D eigenvalue weighted by atomic mass is 10.1. The molecule has 2 aromatic rings. The number of ether oxygens (including phenoxy) is 3. The zero-order valence-electron chi connectivity index (χ0n) is 15.0. The van der Waals surface area contributed by atoms with Crippen molar-refractivity contribution in [3.63, 3.8) is 0 Å². The van der Waals surface area contributed by atoms with E-state index in [1.807, 2.05) is 0 Å². The Hall–Kier alpha value is -3.49. The fourth-order valence-electron chi connectivity index (χ4n) is 2.34. The van der Waals surface area contributed by atoms with Gasteiger partial charge in [-0.2, -0.15) is 8.78 Å². The lowest BCUT2D eigenvalue weighted by molar-refractivity contribution is -0.119. The third-order valence-corrected chi connectivity index (χ3v) is 3.54. The van der Waals surface area contributed by atoms with Gasteiger partial charge < -0.3 is 19.5 Å². The number of nitrogens with one attached hydrogen (secondary N) is 1. The largest absolute Gasteiger partial charge is 0.493 e. The number of esters is 1. The van der Waals surface area contributed by atoms with Gasteiger partial charge in [0.15, 0.2) is 23.9 Å². The minimum atomic E-state index is -3.19. The van der Waals surface area contributed by atoms with Crippen LogP contribution >= 0.6 is 0 Å². The van der Waals surface area contributed by atoms with Crippen LogP contribution in [0, 0.1) is 0 Å². The van der Waals surface area contributed by atoms with Crippen LogP contribution in [0.3, 0.4) is 0 Å². The number of alkyl halides is 2. The normalized spacial score (nSPS) is 10.3. The van der Waals surface area contributed by atoms with E-state index in [1.54, 1.807) is 12.1 Å². The molecule has 0 aliphatic heterocycles. The molecule has 1 N–H and O–H groups in total. The molecule has 0 heterocycles. The molecule has 0 bridgehead atoms. The Kier molecular flexibility index (Phi) is 7.02. The molecule has 0 spiro atoms. The van der Waals surface area contributed by atoms with Gasteiger partial charge in [-0.15, -0.1) is 0 Å². The van der Waals surface area contributed by atoms with Gasteiger partial charge in [0.1, 0.15) is 5.56 Å². The molecule has 0 saturated carbocycles. The maximum absolute atomic E-state index is 12.6. The first-order valence-electron chi connectivity index (χ1n) is 8.02. The predicted molar refractivity (Wildman–Crippen MR) is 95.0 cm³/mol. The summed E-state index contributed by atoms with van der Waals surface area (Å²) in [4.78, 5) is 35.8. The van der Waals surface area contributed by atoms with Crippen LogP contribution in [0.2, 0.25) is 0 Å². The number of amides is 1. The number of carbonyl (C=O) groups excluding carboxylic acids is 3. The third kappa shape index (κ3) is 5.26. The Morgan fingerprint density at radius 3 is 2.36 bits per heavy atom. The number of methoxy groups -OCH3 is 1. The number of Topliss-reactive ketones (excluding diaryl/α,β-unsaturated/α-hetero) is 1. The molecule has 7 nitrogen and oxygen atoms in total. The fraction of sp³-hybridized carbons (Fsp3) is 0.211. The molecule has 0 radical (unpaired) electrons. The Balaban J connectivity index is 2.08. The number of ketones is 1. The van der Waals surface area contributed by atoms with Crippen LogP contribution in [-0.2, 0) is 9.53 Å². The summed E-state index contributed by atoms with van der Waals surface area (Å²) in [5, 5.41) is 2.46. The molecule has 0 fully saturated rings. The number of carbonyl (C=O) groups is 3. The number of halogens is 2. The van der Waals surface area contributed by atoms with Crippen LogP contribution < -0.4 is 14.8 Å². The van der Waals surface area contributed by atoms with Gasteiger partial charge in [0.2, 0.25) is 0 Å². The molecule has 28 heavy (non-hydrogen) atoms. The van der Waals surface area contributed by atoms with Gasteiger partial charge in [0.25, 0.3) is 5.91 Å². The standard InChI is InChI=1S/C19H17F2NO6/c1-11(23)12-6-3-4-8-14(12)22-16(24)10-27-18(25)13-7-5-9-15(26-2)17(13)28-19(20)21/h3-9,19H,10H2,1-2H3,(H,22,24). The summed E-state index contributed by atoms with van der Waals surface area (Å²) in [6, 6.07) is 10.2. The molecule has 1 amide bonds. The highest BCUT2D eigenvalue weighted by molar-refractivity contribution is 6.04. The van der Waals surface area contributed by atoms with E-state index in [-0.39, 0.29) is 22.8 Å². The highest BCUT2D eigenvalue weighted by Crippen LogP contribution is 2.32. The lowest BCUT2D eigenvalue weighted by Gasteiger charge is -2.14. The van der Waals surface area contributed by atoms with Gasteiger partial charge in [-0.3, -0.25) is 9.59 Å². The van der Waals surface area contributed by atoms with E-state index in [0.29, 0.717) is 5.56 Å². The first kappa shape index (κ1) is 20.8. The van der Waals surface area contributed by atoms with Crippen LogP contribution in [0.1, 0.15) is 27.6 Å². The van der Waals surface area contributed by atoms with Gasteiger partial charge in [-0.25, -0.2) is 4.79 Å². The van der Waals surface area contributed by atoms with Crippen LogP contribution in [0.15, 0.2) is 42.5 Å². The van der Waals surface area contributed by atoms with Crippen molar-refractivity contribution in [3.05, 3.63) is 53.6 Å². The summed E-state index contributed by atoms with van der Waals surface area (Å²) in [6.07, 6.45) is 0. The molecule has 148 valence electrons. The first-order valence-corrected chi connectivity index (χ1v) is 8.02. The minimum absolute atomic E-state index is 0.0883. The summed E-state index contributed by atoms with van der Waals surface area (Å²) in [5.74, 6) is -2.59. The second-order valence-corrected chi connectivity index (χ2v) is 5.44. The zero-order chi connectivity index (χ0) is 20.7. The second-order valence-electron chi connectivity index (χ2n) is 5.44. The van der Waals surface area contributed by atoms with Crippen molar-refractivity contribution in [2.45, 2.75) is 13.5 Å². The molecule has 0 unspecified atom stereocenters. The van der Waals surface area contributed by atoms with E-state index in [9.17, 15) is 23.2 Å². The Morgan fingerprint density at radius 2 is 1.71 bits per heavy atom. The highest BCUT2D eigenvalue weighted by Gasteiger charge is 2.22. The number of hydrogen-bond donors (Lipinski definition) is 1. The molecular weight excluding hydrogens is 376 g/mol. The molecular formula is C19H17F2NO6. The fourth-order valence-corrected chi connectivity index (χ4v) is 2.34. The smallest absolute Gasteiger partial charge is 0.387 e. The number of rotatable bonds is 8. The van der Waals surface area contributed by atoms with Crippen LogP contribution in [0.25, 0.3) is 0 Å². The summed E-state index contributed by atoms with van der Waals surface area (Å²) in [5.41, 5.74) is 0.235. The molecule has 0 aliphatic carbocycles. The van der Waals surface area contributed by atoms with Crippen molar-refractivity contribution in [1.82, 2.24) is 0 Å². The molecule has 2 aromatic carbocycles. The molecule has 0 atom stereocenters. The Bertz CT molecular complexity index is 884. The molecule has 0 aromatic heterocycles. The summed E-state index contributed by atoms with van der Waals surface area (Å²) < 4.78 is 39.3. The first-order chi connectivity index (χ1) is 13.3. The van der Waals surface area contributed by atoms with Crippen molar-refractivity contribution in [2.24, 2.45) is 0 Å². The summed E-state index contributed by atoms with van der Waals surface area (Å²) >= 11 is 0. The Morgan fingerprint density at radius 1 is 1.04 bits per heavy atom. The predicted octanol–water partition coefficient (Wildman–Crippen LogP) is 3.29. The third-order valence-electron chi connectivity index (χ3n) is 3.54. The Labute approximate surface area is 159 Å². The van der Waals surface area contributed by atoms with Crippen LogP contribution in [-0.4, -0.2) is 38.0 Å². The van der Waals surface area contributed by atoms with Crippen molar-refractivity contribution in [3.8, 4) is 11.5 Å². The van der Waals surface area contributed by atoms with Crippen LogP contribution in [0.5, 0.6) is 11.5 Å². The van der Waals surface area contributed by atoms with E-state index in [2.05, 4.69) is 10.1 Å². The quantitative estimate of drug-likeness (QED) is 0.547. The lowest BCUT2D eigenvalue weighted by Crippen LogP contribution is -2.22. The average Bonchev–Trinajstić information content (AvgIpc) is 2.66. The monoisotopic (exact) mass is 393 g/mol. The van der Waals surface area contributed by atoms with Crippen molar-refractivity contribution in [1.29, 1.82) is 0 Å². The molecule has 2 rings (SSSR count). The molecule has 0 saturated heterocycles. The van der Waals surface area contributed by atoms with Crippen LogP contribution in [0.4, 0.5) is 14.5 Å². The summed E-state index contributed by atoms with van der Waals surface area (Å²) in [6.45, 7) is -2.54. The number of para-hydroxylation sites is 2. The van der Waals surface area contributed by atoms with E-state index in [0.717, 1.165) is 0 Å². The second kappa shape index (κ2) is 9.45. The topological polar surface area (TPSA) is 90.9 Å². The van der Waals surface area contributed by atoms with Crippen molar-refractivity contribution < 1.29 is 37.4 Å². The highest BCUT2D eigenvalue weighted by atomic mass is 19.3.